The molecular weight excluding hydrogens is 269 g/mol. The fraction of sp³-hybridized carbons (Fsp3) is 0.500. The van der Waals surface area contributed by atoms with Crippen molar-refractivity contribution in [2.24, 2.45) is 5.14 Å². The van der Waals surface area contributed by atoms with Gasteiger partial charge in [-0.1, -0.05) is 0 Å². The van der Waals surface area contributed by atoms with Gasteiger partial charge in [0.1, 0.15) is 5.82 Å². The van der Waals surface area contributed by atoms with E-state index in [1.54, 1.807) is 0 Å². The van der Waals surface area contributed by atoms with E-state index < -0.39 is 15.8 Å². The van der Waals surface area contributed by atoms with Crippen LogP contribution in [0.3, 0.4) is 0 Å². The predicted molar refractivity (Wildman–Crippen MR) is 72.1 cm³/mol. The lowest BCUT2D eigenvalue weighted by molar-refractivity contribution is 0.441. The minimum absolute atomic E-state index is 0.205. The van der Waals surface area contributed by atoms with Crippen molar-refractivity contribution in [3.8, 4) is 0 Å². The number of hydrogen-bond acceptors (Lipinski definition) is 4. The molecule has 0 radical (unpaired) electrons. The summed E-state index contributed by atoms with van der Waals surface area (Å²) in [5.74, 6) is -0.570. The van der Waals surface area contributed by atoms with Crippen LogP contribution in [0.2, 0.25) is 0 Å². The van der Waals surface area contributed by atoms with Crippen molar-refractivity contribution >= 4 is 15.7 Å². The van der Waals surface area contributed by atoms with Crippen LogP contribution in [0.4, 0.5) is 10.1 Å². The van der Waals surface area contributed by atoms with Crippen LogP contribution >= 0.6 is 0 Å². The summed E-state index contributed by atoms with van der Waals surface area (Å²) in [4.78, 5) is 1.64. The minimum Gasteiger partial charge on any atom is -0.368 e. The summed E-state index contributed by atoms with van der Waals surface area (Å²) in [6.07, 6.45) is 2.03. The number of piperidine rings is 1. The number of nitrogens with two attached hydrogens (primary N) is 1. The molecule has 7 heteroatoms. The van der Waals surface area contributed by atoms with Gasteiger partial charge in [-0.05, 0) is 37.6 Å². The standard InChI is InChI=1S/C12H18FN3O2S/c1-16(9-3-2-6-15-8-9)12-5-4-10(7-11(12)13)19(14,17)18/h4-5,7,9,15H,2-3,6,8H2,1H3,(H2,14,17,18). The quantitative estimate of drug-likeness (QED) is 0.856. The first-order valence-corrected chi connectivity index (χ1v) is 7.70. The first kappa shape index (κ1) is 14.2. The Labute approximate surface area is 112 Å². The largest absolute Gasteiger partial charge is 0.368 e. The summed E-state index contributed by atoms with van der Waals surface area (Å²) >= 11 is 0. The lowest BCUT2D eigenvalue weighted by Gasteiger charge is -2.33. The van der Waals surface area contributed by atoms with E-state index in [4.69, 9.17) is 5.14 Å². The average molecular weight is 287 g/mol. The van der Waals surface area contributed by atoms with Crippen molar-refractivity contribution in [3.63, 3.8) is 0 Å². The van der Waals surface area contributed by atoms with Gasteiger partial charge in [0.2, 0.25) is 10.0 Å². The molecule has 2 rings (SSSR count). The molecule has 0 bridgehead atoms. The number of rotatable bonds is 3. The highest BCUT2D eigenvalue weighted by atomic mass is 32.2. The fourth-order valence-corrected chi connectivity index (χ4v) is 2.84. The van der Waals surface area contributed by atoms with Crippen LogP contribution in [0.1, 0.15) is 12.8 Å². The molecule has 1 aliphatic rings. The van der Waals surface area contributed by atoms with Crippen LogP contribution in [0.25, 0.3) is 0 Å². The van der Waals surface area contributed by atoms with E-state index in [0.717, 1.165) is 32.0 Å². The smallest absolute Gasteiger partial charge is 0.238 e. The summed E-state index contributed by atoms with van der Waals surface area (Å²) in [5.41, 5.74) is 0.390. The Bertz CT molecular complexity index is 556. The second-order valence-electron chi connectivity index (χ2n) is 4.77. The highest BCUT2D eigenvalue weighted by Crippen LogP contribution is 2.24. The Balaban J connectivity index is 2.25. The number of halogens is 1. The van der Waals surface area contributed by atoms with Crippen LogP contribution in [0.15, 0.2) is 23.1 Å². The Kier molecular flexibility index (Phi) is 4.07. The van der Waals surface area contributed by atoms with Gasteiger partial charge in [0.05, 0.1) is 10.6 Å². The maximum atomic E-state index is 14.0. The van der Waals surface area contributed by atoms with Gasteiger partial charge in [-0.3, -0.25) is 0 Å². The molecule has 5 nitrogen and oxygen atoms in total. The van der Waals surface area contributed by atoms with E-state index in [9.17, 15) is 12.8 Å². The molecule has 1 aromatic rings. The molecule has 0 amide bonds. The van der Waals surface area contributed by atoms with Crippen molar-refractivity contribution in [3.05, 3.63) is 24.0 Å². The molecule has 1 saturated heterocycles. The van der Waals surface area contributed by atoms with Crippen LogP contribution in [0.5, 0.6) is 0 Å². The van der Waals surface area contributed by atoms with E-state index in [-0.39, 0.29) is 10.9 Å². The van der Waals surface area contributed by atoms with Crippen molar-refractivity contribution in [1.29, 1.82) is 0 Å². The monoisotopic (exact) mass is 287 g/mol. The Hall–Kier alpha value is -1.18. The van der Waals surface area contributed by atoms with Crippen molar-refractivity contribution in [1.82, 2.24) is 5.32 Å². The predicted octanol–water partition coefficient (Wildman–Crippen LogP) is 0.661. The lowest BCUT2D eigenvalue weighted by Crippen LogP contribution is -2.44. The minimum atomic E-state index is -3.86. The second kappa shape index (κ2) is 5.44. The number of primary sulfonamides is 1. The Morgan fingerprint density at radius 1 is 1.47 bits per heavy atom. The first-order valence-electron chi connectivity index (χ1n) is 6.15. The van der Waals surface area contributed by atoms with Crippen LogP contribution in [-0.2, 0) is 10.0 Å². The molecule has 1 atom stereocenters. The molecule has 0 aliphatic carbocycles. The molecule has 1 aromatic carbocycles. The van der Waals surface area contributed by atoms with E-state index in [2.05, 4.69) is 5.32 Å². The van der Waals surface area contributed by atoms with E-state index in [0.29, 0.717) is 5.69 Å². The number of likely N-dealkylation sites (N-methyl/N-ethyl adjacent to an activating group) is 1. The number of nitrogens with zero attached hydrogens (tertiary/aromatic N) is 1. The third-order valence-electron chi connectivity index (χ3n) is 3.45. The summed E-state index contributed by atoms with van der Waals surface area (Å²) in [7, 11) is -2.05. The van der Waals surface area contributed by atoms with Crippen LogP contribution < -0.4 is 15.4 Å². The van der Waals surface area contributed by atoms with Crippen LogP contribution in [-0.4, -0.2) is 34.6 Å². The number of anilines is 1. The van der Waals surface area contributed by atoms with Gasteiger partial charge in [0.25, 0.3) is 0 Å². The number of sulfonamides is 1. The Morgan fingerprint density at radius 2 is 2.21 bits per heavy atom. The third-order valence-corrected chi connectivity index (χ3v) is 4.36. The normalized spacial score (nSPS) is 20.3. The van der Waals surface area contributed by atoms with Crippen molar-refractivity contribution in [2.75, 3.05) is 25.0 Å². The van der Waals surface area contributed by atoms with E-state index >= 15 is 0 Å². The summed E-state index contributed by atoms with van der Waals surface area (Å²) in [6.45, 7) is 1.78. The van der Waals surface area contributed by atoms with Gasteiger partial charge in [0.15, 0.2) is 0 Å². The zero-order valence-corrected chi connectivity index (χ0v) is 11.6. The molecule has 0 saturated carbocycles. The van der Waals surface area contributed by atoms with Crippen molar-refractivity contribution < 1.29 is 12.8 Å². The maximum Gasteiger partial charge on any atom is 0.238 e. The molecule has 19 heavy (non-hydrogen) atoms. The molecule has 106 valence electrons. The van der Waals surface area contributed by atoms with Gasteiger partial charge in [-0.15, -0.1) is 0 Å². The van der Waals surface area contributed by atoms with Gasteiger partial charge in [-0.2, -0.15) is 0 Å². The number of hydrogen-bond donors (Lipinski definition) is 2. The highest BCUT2D eigenvalue weighted by molar-refractivity contribution is 7.89. The summed E-state index contributed by atoms with van der Waals surface area (Å²) < 4.78 is 36.3. The maximum absolute atomic E-state index is 14.0. The fourth-order valence-electron chi connectivity index (χ4n) is 2.31. The number of nitrogens with one attached hydrogen (secondary N) is 1. The van der Waals surface area contributed by atoms with Gasteiger partial charge < -0.3 is 10.2 Å². The molecule has 0 aromatic heterocycles. The zero-order chi connectivity index (χ0) is 14.0. The molecule has 3 N–H and O–H groups in total. The van der Waals surface area contributed by atoms with Gasteiger partial charge >= 0.3 is 0 Å². The SMILES string of the molecule is CN(c1ccc(S(N)(=O)=O)cc1F)C1CCCNC1. The molecule has 1 fully saturated rings. The molecule has 1 unspecified atom stereocenters. The second-order valence-corrected chi connectivity index (χ2v) is 6.33. The summed E-state index contributed by atoms with van der Waals surface area (Å²) in [5, 5.41) is 8.24. The highest BCUT2D eigenvalue weighted by Gasteiger charge is 2.21. The molecule has 1 heterocycles. The zero-order valence-electron chi connectivity index (χ0n) is 10.8. The summed E-state index contributed by atoms with van der Waals surface area (Å²) in [6, 6.07) is 3.98. The molecular formula is C12H18FN3O2S. The van der Waals surface area contributed by atoms with E-state index in [1.807, 2.05) is 11.9 Å². The Morgan fingerprint density at radius 3 is 2.74 bits per heavy atom. The third kappa shape index (κ3) is 3.23. The average Bonchev–Trinajstić information content (AvgIpc) is 2.38. The first-order chi connectivity index (χ1) is 8.89. The van der Waals surface area contributed by atoms with Gasteiger partial charge in [0, 0.05) is 19.6 Å². The van der Waals surface area contributed by atoms with Gasteiger partial charge in [-0.25, -0.2) is 17.9 Å². The molecule has 1 aliphatic heterocycles. The molecule has 0 spiro atoms. The lowest BCUT2D eigenvalue weighted by atomic mass is 10.1. The van der Waals surface area contributed by atoms with Crippen molar-refractivity contribution in [2.45, 2.75) is 23.8 Å². The number of benzene rings is 1. The topological polar surface area (TPSA) is 75.4 Å². The van der Waals surface area contributed by atoms with E-state index in [1.165, 1.54) is 12.1 Å². The van der Waals surface area contributed by atoms with Crippen LogP contribution in [0, 0.1) is 5.82 Å².